The number of ether oxygens (including phenoxy) is 1. The Hall–Kier alpha value is -4.13. The molecule has 4 aromatic carbocycles. The van der Waals surface area contributed by atoms with Crippen molar-refractivity contribution in [3.05, 3.63) is 111 Å². The molecule has 1 N–H and O–H groups in total. The predicted molar refractivity (Wildman–Crippen MR) is 145 cm³/mol. The number of rotatable bonds is 5. The molecule has 37 heavy (non-hydrogen) atoms. The Morgan fingerprint density at radius 2 is 1.68 bits per heavy atom. The molecular formula is C29H20Cl2N2O4. The van der Waals surface area contributed by atoms with Crippen LogP contribution in [0.1, 0.15) is 16.7 Å². The highest BCUT2D eigenvalue weighted by atomic mass is 35.5. The van der Waals surface area contributed by atoms with E-state index in [0.717, 1.165) is 21.2 Å². The highest BCUT2D eigenvalue weighted by Gasteiger charge is 2.37. The van der Waals surface area contributed by atoms with Gasteiger partial charge in [0.05, 0.1) is 5.69 Å². The van der Waals surface area contributed by atoms with Crippen molar-refractivity contribution >= 4 is 63.6 Å². The maximum absolute atomic E-state index is 13.4. The smallest absolute Gasteiger partial charge is 0.335 e. The average Bonchev–Trinajstić information content (AvgIpc) is 2.88. The molecule has 4 aromatic rings. The topological polar surface area (TPSA) is 75.7 Å². The summed E-state index contributed by atoms with van der Waals surface area (Å²) < 4.78 is 6.12. The molecule has 0 aliphatic carbocycles. The Morgan fingerprint density at radius 1 is 0.919 bits per heavy atom. The number of halogens is 2. The summed E-state index contributed by atoms with van der Waals surface area (Å²) in [6, 6.07) is 22.9. The molecule has 0 aromatic heterocycles. The minimum Gasteiger partial charge on any atom is -0.488 e. The summed E-state index contributed by atoms with van der Waals surface area (Å²) in [4.78, 5) is 39.6. The molecule has 4 amide bonds. The molecule has 6 nitrogen and oxygen atoms in total. The first kappa shape index (κ1) is 24.6. The Labute approximate surface area is 223 Å². The van der Waals surface area contributed by atoms with Gasteiger partial charge in [-0.15, -0.1) is 0 Å². The quantitative estimate of drug-likeness (QED) is 0.230. The van der Waals surface area contributed by atoms with E-state index in [0.29, 0.717) is 26.9 Å². The van der Waals surface area contributed by atoms with Crippen molar-refractivity contribution in [2.24, 2.45) is 0 Å². The Morgan fingerprint density at radius 3 is 2.51 bits per heavy atom. The molecule has 1 aliphatic heterocycles. The Kier molecular flexibility index (Phi) is 6.70. The van der Waals surface area contributed by atoms with E-state index in [1.807, 2.05) is 42.5 Å². The number of nitrogens with zero attached hydrogens (tertiary/aromatic N) is 1. The number of fused-ring (bicyclic) bond motifs is 1. The van der Waals surface area contributed by atoms with Crippen LogP contribution in [-0.2, 0) is 16.2 Å². The minimum atomic E-state index is -0.851. The van der Waals surface area contributed by atoms with E-state index >= 15 is 0 Å². The van der Waals surface area contributed by atoms with E-state index in [2.05, 4.69) is 5.32 Å². The normalized spacial score (nSPS) is 14.8. The van der Waals surface area contributed by atoms with Crippen LogP contribution in [-0.4, -0.2) is 17.8 Å². The third kappa shape index (κ3) is 4.81. The van der Waals surface area contributed by atoms with Crippen LogP contribution in [0, 0.1) is 6.92 Å². The third-order valence-electron chi connectivity index (χ3n) is 6.12. The Bertz CT molecular complexity index is 1610. The first-order valence-electron chi connectivity index (χ1n) is 11.4. The number of anilines is 1. The van der Waals surface area contributed by atoms with Gasteiger partial charge in [0, 0.05) is 15.6 Å². The van der Waals surface area contributed by atoms with E-state index in [1.54, 1.807) is 43.3 Å². The standard InChI is InChI=1S/C29H20Cl2N2O4/c1-17-24(31)10-5-11-25(17)33-28(35)23(27(34)32-29(33)36)15-20-14-21(30)12-13-26(20)37-16-19-8-4-7-18-6-2-3-9-22(18)19/h2-15H,16H2,1H3,(H,32,34,36)/b23-15+. The highest BCUT2D eigenvalue weighted by molar-refractivity contribution is 6.40. The van der Waals surface area contributed by atoms with Gasteiger partial charge in [-0.25, -0.2) is 9.69 Å². The molecule has 1 aliphatic rings. The molecule has 0 saturated carbocycles. The van der Waals surface area contributed by atoms with Gasteiger partial charge in [-0.1, -0.05) is 71.7 Å². The maximum Gasteiger partial charge on any atom is 0.335 e. The number of carbonyl (C=O) groups excluding carboxylic acids is 3. The van der Waals surface area contributed by atoms with Gasteiger partial charge in [0.2, 0.25) is 0 Å². The number of imide groups is 2. The molecule has 1 fully saturated rings. The molecule has 0 atom stereocenters. The molecular weight excluding hydrogens is 511 g/mol. The molecule has 1 heterocycles. The third-order valence-corrected chi connectivity index (χ3v) is 6.76. The molecule has 1 saturated heterocycles. The fraction of sp³-hybridized carbons (Fsp3) is 0.0690. The van der Waals surface area contributed by atoms with Crippen LogP contribution < -0.4 is 15.0 Å². The number of amides is 4. The van der Waals surface area contributed by atoms with E-state index in [-0.39, 0.29) is 17.9 Å². The van der Waals surface area contributed by atoms with E-state index in [1.165, 1.54) is 6.08 Å². The van der Waals surface area contributed by atoms with Crippen LogP contribution in [0.4, 0.5) is 10.5 Å². The Balaban J connectivity index is 1.50. The lowest BCUT2D eigenvalue weighted by molar-refractivity contribution is -0.122. The van der Waals surface area contributed by atoms with Gasteiger partial charge in [-0.2, -0.15) is 0 Å². The van der Waals surface area contributed by atoms with Crippen LogP contribution in [0.2, 0.25) is 10.0 Å². The molecule has 0 bridgehead atoms. The zero-order valence-corrected chi connectivity index (χ0v) is 21.1. The van der Waals surface area contributed by atoms with Crippen LogP contribution in [0.25, 0.3) is 16.8 Å². The van der Waals surface area contributed by atoms with E-state index in [9.17, 15) is 14.4 Å². The molecule has 0 radical (unpaired) electrons. The highest BCUT2D eigenvalue weighted by Crippen LogP contribution is 2.32. The summed E-state index contributed by atoms with van der Waals surface area (Å²) in [5, 5.41) is 5.17. The lowest BCUT2D eigenvalue weighted by Crippen LogP contribution is -2.54. The zero-order chi connectivity index (χ0) is 26.1. The largest absolute Gasteiger partial charge is 0.488 e. The van der Waals surface area contributed by atoms with Gasteiger partial charge in [-0.3, -0.25) is 14.9 Å². The number of urea groups is 1. The number of hydrogen-bond donors (Lipinski definition) is 1. The van der Waals surface area contributed by atoms with Gasteiger partial charge in [0.1, 0.15) is 17.9 Å². The SMILES string of the molecule is Cc1c(Cl)cccc1N1C(=O)NC(=O)/C(=C\c2cc(Cl)ccc2OCc2cccc3ccccc23)C1=O. The molecule has 5 rings (SSSR count). The number of hydrogen-bond acceptors (Lipinski definition) is 4. The van der Waals surface area contributed by atoms with Crippen LogP contribution in [0.15, 0.2) is 84.4 Å². The van der Waals surface area contributed by atoms with Crippen molar-refractivity contribution in [2.45, 2.75) is 13.5 Å². The molecule has 184 valence electrons. The van der Waals surface area contributed by atoms with Gasteiger partial charge < -0.3 is 4.74 Å². The summed E-state index contributed by atoms with van der Waals surface area (Å²) in [5.74, 6) is -1.17. The van der Waals surface area contributed by atoms with Gasteiger partial charge in [0.25, 0.3) is 11.8 Å². The fourth-order valence-corrected chi connectivity index (χ4v) is 4.56. The predicted octanol–water partition coefficient (Wildman–Crippen LogP) is 6.70. The van der Waals surface area contributed by atoms with E-state index in [4.69, 9.17) is 27.9 Å². The van der Waals surface area contributed by atoms with Gasteiger partial charge in [-0.05, 0) is 65.2 Å². The van der Waals surface area contributed by atoms with Crippen molar-refractivity contribution in [2.75, 3.05) is 4.90 Å². The zero-order valence-electron chi connectivity index (χ0n) is 19.6. The monoisotopic (exact) mass is 530 g/mol. The van der Waals surface area contributed by atoms with E-state index < -0.39 is 17.8 Å². The second-order valence-electron chi connectivity index (χ2n) is 8.45. The summed E-state index contributed by atoms with van der Waals surface area (Å²) >= 11 is 12.4. The van der Waals surface area contributed by atoms with Gasteiger partial charge >= 0.3 is 6.03 Å². The van der Waals surface area contributed by atoms with Crippen molar-refractivity contribution in [1.29, 1.82) is 0 Å². The van der Waals surface area contributed by atoms with Crippen LogP contribution >= 0.6 is 23.2 Å². The second kappa shape index (κ2) is 10.1. The van der Waals surface area contributed by atoms with Crippen molar-refractivity contribution < 1.29 is 19.1 Å². The first-order valence-corrected chi connectivity index (χ1v) is 12.1. The van der Waals surface area contributed by atoms with Gasteiger partial charge in [0.15, 0.2) is 0 Å². The molecule has 0 spiro atoms. The second-order valence-corrected chi connectivity index (χ2v) is 9.29. The maximum atomic E-state index is 13.4. The summed E-state index contributed by atoms with van der Waals surface area (Å²) in [6.45, 7) is 1.94. The minimum absolute atomic E-state index is 0.240. The lowest BCUT2D eigenvalue weighted by atomic mass is 10.0. The fourth-order valence-electron chi connectivity index (χ4n) is 4.21. The summed E-state index contributed by atoms with van der Waals surface area (Å²) in [5.41, 5.74) is 1.97. The average molecular weight is 531 g/mol. The number of barbiturate groups is 1. The molecule has 0 unspecified atom stereocenters. The number of carbonyl (C=O) groups is 3. The number of benzene rings is 4. The number of nitrogens with one attached hydrogen (secondary N) is 1. The van der Waals surface area contributed by atoms with Crippen molar-refractivity contribution in [1.82, 2.24) is 5.32 Å². The first-order chi connectivity index (χ1) is 17.8. The summed E-state index contributed by atoms with van der Waals surface area (Å²) in [6.07, 6.45) is 1.38. The lowest BCUT2D eigenvalue weighted by Gasteiger charge is -2.28. The van der Waals surface area contributed by atoms with Crippen LogP contribution in [0.3, 0.4) is 0 Å². The van der Waals surface area contributed by atoms with Crippen molar-refractivity contribution in [3.63, 3.8) is 0 Å². The van der Waals surface area contributed by atoms with Crippen molar-refractivity contribution in [3.8, 4) is 5.75 Å². The van der Waals surface area contributed by atoms with Crippen LogP contribution in [0.5, 0.6) is 5.75 Å². The molecule has 8 heteroatoms. The summed E-state index contributed by atoms with van der Waals surface area (Å²) in [7, 11) is 0.